The first-order chi connectivity index (χ1) is 17.9. The zero-order chi connectivity index (χ0) is 26.1. The number of H-pyrrole nitrogens is 1. The number of ether oxygens (including phenoxy) is 1. The van der Waals surface area contributed by atoms with Gasteiger partial charge in [-0.15, -0.1) is 0 Å². The molecule has 0 amide bonds. The van der Waals surface area contributed by atoms with Crippen molar-refractivity contribution in [3.8, 4) is 5.75 Å². The zero-order valence-corrected chi connectivity index (χ0v) is 23.0. The van der Waals surface area contributed by atoms with Crippen LogP contribution < -0.4 is 15.5 Å². The molecular weight excluding hydrogens is 460 g/mol. The molecule has 0 saturated heterocycles. The Kier molecular flexibility index (Phi) is 7.14. The highest BCUT2D eigenvalue weighted by molar-refractivity contribution is 5.92. The van der Waals surface area contributed by atoms with E-state index in [4.69, 9.17) is 18.6 Å². The Morgan fingerprint density at radius 3 is 2.19 bits per heavy atom. The number of unbranched alkanes of at least 4 members (excludes halogenated alkanes) is 2. The minimum Gasteiger partial charge on any atom is -0.490 e. The standard InChI is InChI=1S/C32H38N2O3/c1-7-9-11-23(12-10-8-2)37-24-13-19(3)31(20(4)14-24)32(27-17-29-25(33-27)15-21(5)35-29)28-18-30-26(34-28)16-22(6)36-30/h13-18,23,33H,7-12H2,1-6H3/b32-28+. The molecule has 5 rings (SSSR count). The van der Waals surface area contributed by atoms with E-state index in [-0.39, 0.29) is 6.10 Å². The topological polar surface area (TPSA) is 63.7 Å². The van der Waals surface area contributed by atoms with Crippen molar-refractivity contribution in [3.05, 3.63) is 80.7 Å². The van der Waals surface area contributed by atoms with Crippen molar-refractivity contribution in [1.82, 2.24) is 4.98 Å². The van der Waals surface area contributed by atoms with Crippen LogP contribution in [-0.4, -0.2) is 11.1 Å². The predicted octanol–water partition coefficient (Wildman–Crippen LogP) is 7.59. The Balaban J connectivity index is 1.59. The third-order valence-corrected chi connectivity index (χ3v) is 7.14. The van der Waals surface area contributed by atoms with Crippen LogP contribution in [0.4, 0.5) is 0 Å². The number of nitrogens with zero attached hydrogens (tertiary/aromatic N) is 1. The lowest BCUT2D eigenvalue weighted by Gasteiger charge is -2.22. The lowest BCUT2D eigenvalue weighted by atomic mass is 9.91. The van der Waals surface area contributed by atoms with E-state index in [2.05, 4.69) is 50.9 Å². The number of furan rings is 2. The monoisotopic (exact) mass is 498 g/mol. The number of hydrogen-bond donors (Lipinski definition) is 1. The van der Waals surface area contributed by atoms with Crippen LogP contribution in [0.5, 0.6) is 5.75 Å². The molecule has 4 heterocycles. The first-order valence-corrected chi connectivity index (χ1v) is 13.6. The van der Waals surface area contributed by atoms with Crippen molar-refractivity contribution in [2.75, 3.05) is 0 Å². The molecule has 0 fully saturated rings. The fourth-order valence-corrected chi connectivity index (χ4v) is 5.41. The van der Waals surface area contributed by atoms with Crippen molar-refractivity contribution >= 4 is 22.7 Å². The Bertz CT molecular complexity index is 1480. The zero-order valence-electron chi connectivity index (χ0n) is 23.0. The van der Waals surface area contributed by atoms with E-state index in [0.717, 1.165) is 85.6 Å². The van der Waals surface area contributed by atoms with Crippen molar-refractivity contribution in [2.24, 2.45) is 4.99 Å². The number of hydrogen-bond acceptors (Lipinski definition) is 4. The summed E-state index contributed by atoms with van der Waals surface area (Å²) < 4.78 is 18.4. The van der Waals surface area contributed by atoms with Gasteiger partial charge in [-0.3, -0.25) is 0 Å². The van der Waals surface area contributed by atoms with Crippen LogP contribution in [0.3, 0.4) is 0 Å². The first kappa shape index (κ1) is 25.2. The highest BCUT2D eigenvalue weighted by Gasteiger charge is 2.22. The molecule has 5 heteroatoms. The molecule has 0 bridgehead atoms. The molecule has 0 atom stereocenters. The van der Waals surface area contributed by atoms with E-state index in [1.54, 1.807) is 0 Å². The van der Waals surface area contributed by atoms with Crippen molar-refractivity contribution < 1.29 is 13.6 Å². The average Bonchev–Trinajstić information content (AvgIpc) is 3.57. The van der Waals surface area contributed by atoms with Crippen LogP contribution in [0.15, 0.2) is 49.9 Å². The minimum absolute atomic E-state index is 0.262. The molecule has 4 aromatic rings. The molecule has 194 valence electrons. The van der Waals surface area contributed by atoms with Crippen LogP contribution in [0.1, 0.15) is 86.3 Å². The summed E-state index contributed by atoms with van der Waals surface area (Å²) in [6, 6.07) is 10.5. The van der Waals surface area contributed by atoms with Gasteiger partial charge in [0.05, 0.1) is 23.0 Å². The predicted molar refractivity (Wildman–Crippen MR) is 149 cm³/mol. The van der Waals surface area contributed by atoms with Crippen LogP contribution in [-0.2, 0) is 0 Å². The summed E-state index contributed by atoms with van der Waals surface area (Å²) in [4.78, 5) is 8.54. The summed E-state index contributed by atoms with van der Waals surface area (Å²) in [6.07, 6.45) is 9.27. The smallest absolute Gasteiger partial charge is 0.154 e. The van der Waals surface area contributed by atoms with Gasteiger partial charge < -0.3 is 18.6 Å². The second-order valence-electron chi connectivity index (χ2n) is 10.4. The van der Waals surface area contributed by atoms with Gasteiger partial charge in [0.25, 0.3) is 0 Å². The average molecular weight is 499 g/mol. The normalized spacial score (nSPS) is 14.2. The van der Waals surface area contributed by atoms with E-state index < -0.39 is 0 Å². The largest absolute Gasteiger partial charge is 0.490 e. The molecule has 1 aliphatic rings. The molecular formula is C32H38N2O3. The molecule has 1 aliphatic heterocycles. The lowest BCUT2D eigenvalue weighted by molar-refractivity contribution is 0.174. The number of nitrogens with one attached hydrogen (secondary N) is 1. The molecule has 5 nitrogen and oxygen atoms in total. The van der Waals surface area contributed by atoms with Gasteiger partial charge in [-0.05, 0) is 69.4 Å². The molecule has 0 radical (unpaired) electrons. The van der Waals surface area contributed by atoms with Gasteiger partial charge in [0.15, 0.2) is 11.0 Å². The molecule has 0 spiro atoms. The third-order valence-electron chi connectivity index (χ3n) is 7.14. The Morgan fingerprint density at radius 2 is 1.57 bits per heavy atom. The van der Waals surface area contributed by atoms with Gasteiger partial charge in [0.2, 0.25) is 0 Å². The van der Waals surface area contributed by atoms with Gasteiger partial charge in [0.1, 0.15) is 22.6 Å². The maximum absolute atomic E-state index is 6.56. The van der Waals surface area contributed by atoms with Crippen LogP contribution >= 0.6 is 0 Å². The Hall–Kier alpha value is -3.47. The quantitative estimate of drug-likeness (QED) is 0.245. The number of fused-ring (bicyclic) bond motifs is 2. The number of rotatable bonds is 10. The lowest BCUT2D eigenvalue weighted by Crippen LogP contribution is -2.17. The van der Waals surface area contributed by atoms with E-state index in [0.29, 0.717) is 0 Å². The second kappa shape index (κ2) is 10.5. The summed E-state index contributed by atoms with van der Waals surface area (Å²) in [7, 11) is 0. The summed E-state index contributed by atoms with van der Waals surface area (Å²) in [5.41, 5.74) is 9.03. The maximum Gasteiger partial charge on any atom is 0.154 e. The van der Waals surface area contributed by atoms with Gasteiger partial charge >= 0.3 is 0 Å². The van der Waals surface area contributed by atoms with Crippen LogP contribution in [0, 0.1) is 27.7 Å². The van der Waals surface area contributed by atoms with Crippen LogP contribution in [0.2, 0.25) is 0 Å². The summed E-state index contributed by atoms with van der Waals surface area (Å²) in [5.74, 6) is 2.71. The fraction of sp³-hybridized carbons (Fsp3) is 0.406. The summed E-state index contributed by atoms with van der Waals surface area (Å²) >= 11 is 0. The summed E-state index contributed by atoms with van der Waals surface area (Å²) in [6.45, 7) is 12.7. The van der Waals surface area contributed by atoms with Gasteiger partial charge in [0, 0.05) is 29.8 Å². The highest BCUT2D eigenvalue weighted by atomic mass is 16.5. The molecule has 0 saturated carbocycles. The van der Waals surface area contributed by atoms with E-state index in [1.807, 2.05) is 32.1 Å². The molecule has 37 heavy (non-hydrogen) atoms. The van der Waals surface area contributed by atoms with E-state index in [9.17, 15) is 0 Å². The highest BCUT2D eigenvalue weighted by Crippen LogP contribution is 2.37. The first-order valence-electron chi connectivity index (χ1n) is 13.6. The second-order valence-corrected chi connectivity index (χ2v) is 10.4. The van der Waals surface area contributed by atoms with Gasteiger partial charge in [-0.1, -0.05) is 39.5 Å². The minimum atomic E-state index is 0.262. The van der Waals surface area contributed by atoms with Crippen molar-refractivity contribution in [3.63, 3.8) is 0 Å². The number of benzene rings is 1. The van der Waals surface area contributed by atoms with Gasteiger partial charge in [-0.25, -0.2) is 4.99 Å². The van der Waals surface area contributed by atoms with E-state index >= 15 is 0 Å². The number of aryl methyl sites for hydroxylation is 4. The Morgan fingerprint density at radius 1 is 0.892 bits per heavy atom. The SMILES string of the molecule is CCCCC(CCCC)Oc1cc(C)c(/C(=C2\C=c3oc(C)cc3=N2)c2cc3oc(C)cc3[nH]2)c(C)c1. The van der Waals surface area contributed by atoms with Crippen molar-refractivity contribution in [2.45, 2.75) is 86.2 Å². The fourth-order valence-electron chi connectivity index (χ4n) is 5.41. The number of allylic oxidation sites excluding steroid dienone is 1. The molecule has 0 unspecified atom stereocenters. The Labute approximate surface area is 218 Å². The molecule has 0 aliphatic carbocycles. The van der Waals surface area contributed by atoms with Gasteiger partial charge in [-0.2, -0.15) is 0 Å². The maximum atomic E-state index is 6.56. The molecule has 1 N–H and O–H groups in total. The number of aromatic amines is 1. The molecule has 1 aromatic carbocycles. The summed E-state index contributed by atoms with van der Waals surface area (Å²) in [5, 5.41) is 0.876. The van der Waals surface area contributed by atoms with Crippen LogP contribution in [0.25, 0.3) is 22.7 Å². The van der Waals surface area contributed by atoms with Crippen molar-refractivity contribution in [1.29, 1.82) is 0 Å². The van der Waals surface area contributed by atoms with E-state index in [1.165, 1.54) is 25.7 Å². The third kappa shape index (κ3) is 5.18. The molecule has 3 aromatic heterocycles. The number of aromatic nitrogens is 1.